The lowest BCUT2D eigenvalue weighted by molar-refractivity contribution is -0.142. The van der Waals surface area contributed by atoms with Gasteiger partial charge in [0.15, 0.2) is 0 Å². The van der Waals surface area contributed by atoms with E-state index >= 15 is 0 Å². The van der Waals surface area contributed by atoms with Crippen LogP contribution in [0.4, 0.5) is 0 Å². The molecule has 4 nitrogen and oxygen atoms in total. The van der Waals surface area contributed by atoms with Gasteiger partial charge >= 0.3 is 5.97 Å². The SMILES string of the molecule is CCC(=O)NC(C(=O)O)C(C)c1ccccc1. The van der Waals surface area contributed by atoms with Crippen LogP contribution in [-0.4, -0.2) is 23.0 Å². The van der Waals surface area contributed by atoms with Crippen molar-refractivity contribution in [1.82, 2.24) is 5.32 Å². The van der Waals surface area contributed by atoms with Crippen molar-refractivity contribution in [3.63, 3.8) is 0 Å². The van der Waals surface area contributed by atoms with E-state index in [1.54, 1.807) is 13.8 Å². The maximum atomic E-state index is 11.3. The summed E-state index contributed by atoms with van der Waals surface area (Å²) in [6, 6.07) is 8.41. The van der Waals surface area contributed by atoms with Gasteiger partial charge in [-0.1, -0.05) is 44.2 Å². The highest BCUT2D eigenvalue weighted by atomic mass is 16.4. The Hall–Kier alpha value is -1.84. The monoisotopic (exact) mass is 235 g/mol. The molecule has 2 N–H and O–H groups in total. The average molecular weight is 235 g/mol. The number of carbonyl (C=O) groups excluding carboxylic acids is 1. The number of nitrogens with one attached hydrogen (secondary N) is 1. The van der Waals surface area contributed by atoms with E-state index < -0.39 is 12.0 Å². The van der Waals surface area contributed by atoms with Crippen molar-refractivity contribution in [1.29, 1.82) is 0 Å². The molecule has 0 aliphatic heterocycles. The highest BCUT2D eigenvalue weighted by molar-refractivity contribution is 5.84. The largest absolute Gasteiger partial charge is 0.480 e. The van der Waals surface area contributed by atoms with Gasteiger partial charge in [0.1, 0.15) is 6.04 Å². The van der Waals surface area contributed by atoms with Crippen LogP contribution in [0.5, 0.6) is 0 Å². The van der Waals surface area contributed by atoms with E-state index in [1.807, 2.05) is 30.3 Å². The van der Waals surface area contributed by atoms with Gasteiger partial charge in [-0.2, -0.15) is 0 Å². The molecule has 1 amide bonds. The molecular weight excluding hydrogens is 218 g/mol. The third-order valence-corrected chi connectivity index (χ3v) is 2.73. The Morgan fingerprint density at radius 3 is 2.35 bits per heavy atom. The number of amides is 1. The Morgan fingerprint density at radius 2 is 1.88 bits per heavy atom. The number of hydrogen-bond donors (Lipinski definition) is 2. The van der Waals surface area contributed by atoms with Crippen LogP contribution in [0, 0.1) is 0 Å². The van der Waals surface area contributed by atoms with Crippen molar-refractivity contribution < 1.29 is 14.7 Å². The Labute approximate surface area is 101 Å². The smallest absolute Gasteiger partial charge is 0.326 e. The maximum absolute atomic E-state index is 11.3. The number of hydrogen-bond acceptors (Lipinski definition) is 2. The molecule has 2 unspecified atom stereocenters. The number of carboxylic acid groups (broad SMARTS) is 1. The number of carbonyl (C=O) groups is 2. The van der Waals surface area contributed by atoms with Crippen molar-refractivity contribution in [3.8, 4) is 0 Å². The molecule has 0 aliphatic rings. The molecule has 0 saturated carbocycles. The zero-order valence-corrected chi connectivity index (χ0v) is 10.0. The van der Waals surface area contributed by atoms with Crippen LogP contribution in [0.15, 0.2) is 30.3 Å². The van der Waals surface area contributed by atoms with E-state index in [2.05, 4.69) is 5.32 Å². The molecule has 1 aromatic rings. The van der Waals surface area contributed by atoms with Crippen molar-refractivity contribution in [2.75, 3.05) is 0 Å². The van der Waals surface area contributed by atoms with Crippen LogP contribution in [-0.2, 0) is 9.59 Å². The second-order valence-electron chi connectivity index (χ2n) is 3.94. The Kier molecular flexibility index (Phi) is 4.69. The van der Waals surface area contributed by atoms with E-state index in [0.717, 1.165) is 5.56 Å². The maximum Gasteiger partial charge on any atom is 0.326 e. The Bertz CT molecular complexity index is 389. The second kappa shape index (κ2) is 6.03. The van der Waals surface area contributed by atoms with Gasteiger partial charge in [-0.15, -0.1) is 0 Å². The Balaban J connectivity index is 2.84. The van der Waals surface area contributed by atoms with E-state index in [4.69, 9.17) is 5.11 Å². The number of benzene rings is 1. The van der Waals surface area contributed by atoms with Crippen molar-refractivity contribution in [3.05, 3.63) is 35.9 Å². The molecule has 0 heterocycles. The Morgan fingerprint density at radius 1 is 1.29 bits per heavy atom. The zero-order valence-electron chi connectivity index (χ0n) is 10.0. The van der Waals surface area contributed by atoms with Gasteiger partial charge in [0, 0.05) is 12.3 Å². The van der Waals surface area contributed by atoms with Crippen LogP contribution in [0.1, 0.15) is 31.7 Å². The van der Waals surface area contributed by atoms with Gasteiger partial charge < -0.3 is 10.4 Å². The van der Waals surface area contributed by atoms with Crippen LogP contribution < -0.4 is 5.32 Å². The predicted molar refractivity (Wildman–Crippen MR) is 64.7 cm³/mol. The molecule has 0 radical (unpaired) electrons. The van der Waals surface area contributed by atoms with E-state index in [0.29, 0.717) is 0 Å². The quantitative estimate of drug-likeness (QED) is 0.817. The summed E-state index contributed by atoms with van der Waals surface area (Å²) in [7, 11) is 0. The summed E-state index contributed by atoms with van der Waals surface area (Å²) >= 11 is 0. The van der Waals surface area contributed by atoms with E-state index in [-0.39, 0.29) is 18.2 Å². The summed E-state index contributed by atoms with van der Waals surface area (Å²) in [6.45, 7) is 3.49. The minimum atomic E-state index is -1.01. The normalized spacial score (nSPS) is 13.8. The van der Waals surface area contributed by atoms with Crippen LogP contribution >= 0.6 is 0 Å². The fourth-order valence-corrected chi connectivity index (χ4v) is 1.63. The van der Waals surface area contributed by atoms with Gasteiger partial charge in [-0.25, -0.2) is 4.79 Å². The van der Waals surface area contributed by atoms with Gasteiger partial charge in [-0.3, -0.25) is 4.79 Å². The molecule has 17 heavy (non-hydrogen) atoms. The zero-order chi connectivity index (χ0) is 12.8. The first kappa shape index (κ1) is 13.2. The van der Waals surface area contributed by atoms with Gasteiger partial charge in [0.05, 0.1) is 0 Å². The van der Waals surface area contributed by atoms with Gasteiger partial charge in [0.2, 0.25) is 5.91 Å². The van der Waals surface area contributed by atoms with Crippen molar-refractivity contribution in [2.24, 2.45) is 0 Å². The minimum Gasteiger partial charge on any atom is -0.480 e. The fourth-order valence-electron chi connectivity index (χ4n) is 1.63. The number of rotatable bonds is 5. The molecule has 0 spiro atoms. The summed E-state index contributed by atoms with van der Waals surface area (Å²) in [4.78, 5) is 22.4. The van der Waals surface area contributed by atoms with Gasteiger partial charge in [-0.05, 0) is 5.56 Å². The first-order chi connectivity index (χ1) is 8.06. The molecule has 0 saturated heterocycles. The van der Waals surface area contributed by atoms with E-state index in [1.165, 1.54) is 0 Å². The van der Waals surface area contributed by atoms with Crippen LogP contribution in [0.2, 0.25) is 0 Å². The molecule has 0 aromatic heterocycles. The highest BCUT2D eigenvalue weighted by Crippen LogP contribution is 2.19. The lowest BCUT2D eigenvalue weighted by Crippen LogP contribution is -2.43. The third kappa shape index (κ3) is 3.59. The summed E-state index contributed by atoms with van der Waals surface area (Å²) in [5, 5.41) is 11.7. The third-order valence-electron chi connectivity index (χ3n) is 2.73. The fraction of sp³-hybridized carbons (Fsp3) is 0.385. The summed E-state index contributed by atoms with van der Waals surface area (Å²) in [6.07, 6.45) is 0.283. The molecular formula is C13H17NO3. The first-order valence-electron chi connectivity index (χ1n) is 5.63. The number of aliphatic carboxylic acids is 1. The van der Waals surface area contributed by atoms with Crippen molar-refractivity contribution in [2.45, 2.75) is 32.2 Å². The lowest BCUT2D eigenvalue weighted by Gasteiger charge is -2.21. The van der Waals surface area contributed by atoms with Crippen LogP contribution in [0.25, 0.3) is 0 Å². The average Bonchev–Trinajstić information content (AvgIpc) is 2.35. The molecule has 0 fully saturated rings. The molecule has 2 atom stereocenters. The molecule has 1 aromatic carbocycles. The van der Waals surface area contributed by atoms with Crippen molar-refractivity contribution >= 4 is 11.9 Å². The standard InChI is InChI=1S/C13H17NO3/c1-3-11(15)14-12(13(16)17)9(2)10-7-5-4-6-8-10/h4-9,12H,3H2,1-2H3,(H,14,15)(H,16,17). The summed E-state index contributed by atoms with van der Waals surface area (Å²) in [5.41, 5.74) is 0.899. The predicted octanol–water partition coefficient (Wildman–Crippen LogP) is 1.77. The first-order valence-corrected chi connectivity index (χ1v) is 5.63. The molecule has 0 aliphatic carbocycles. The lowest BCUT2D eigenvalue weighted by atomic mass is 9.93. The van der Waals surface area contributed by atoms with Crippen LogP contribution in [0.3, 0.4) is 0 Å². The van der Waals surface area contributed by atoms with E-state index in [9.17, 15) is 9.59 Å². The minimum absolute atomic E-state index is 0.250. The number of carboxylic acids is 1. The molecule has 4 heteroatoms. The van der Waals surface area contributed by atoms with Gasteiger partial charge in [0.25, 0.3) is 0 Å². The molecule has 0 bridgehead atoms. The second-order valence-corrected chi connectivity index (χ2v) is 3.94. The molecule has 92 valence electrons. The molecule has 1 rings (SSSR count). The summed E-state index contributed by atoms with van der Waals surface area (Å²) in [5.74, 6) is -1.52. The highest BCUT2D eigenvalue weighted by Gasteiger charge is 2.26. The topological polar surface area (TPSA) is 66.4 Å². The summed E-state index contributed by atoms with van der Waals surface area (Å²) < 4.78 is 0.